The average molecular weight is 2050 g/mol. The number of benzene rings is 3. The monoisotopic (exact) mass is 2050 g/mol. The lowest BCUT2D eigenvalue weighted by Gasteiger charge is -2.45. The van der Waals surface area contributed by atoms with Crippen molar-refractivity contribution < 1.29 is 53.9 Å². The van der Waals surface area contributed by atoms with Crippen molar-refractivity contribution in [2.75, 3.05) is 71.2 Å². The second-order valence-electron chi connectivity index (χ2n) is 35.3. The summed E-state index contributed by atoms with van der Waals surface area (Å²) in [7, 11) is 0. The van der Waals surface area contributed by atoms with Gasteiger partial charge in [0.05, 0.1) is 116 Å². The summed E-state index contributed by atoms with van der Waals surface area (Å²) in [6, 6.07) is 13.2. The highest BCUT2D eigenvalue weighted by Gasteiger charge is 2.42. The summed E-state index contributed by atoms with van der Waals surface area (Å²) in [4.78, 5) is 119. The Hall–Kier alpha value is -13.8. The van der Waals surface area contributed by atoms with Gasteiger partial charge in [-0.25, -0.2) is 54.5 Å². The van der Waals surface area contributed by atoms with E-state index in [1.54, 1.807) is 95.9 Å². The summed E-state index contributed by atoms with van der Waals surface area (Å²) in [5, 5.41) is 29.4. The van der Waals surface area contributed by atoms with Crippen LogP contribution < -0.4 is 48.6 Å². The third-order valence-corrected chi connectivity index (χ3v) is 26.9. The Bertz CT molecular complexity index is 6860. The topological polar surface area (TPSA) is 363 Å². The molecule has 3 fully saturated rings. The number of anilines is 6. The molecule has 0 saturated carbocycles. The van der Waals surface area contributed by atoms with E-state index in [1.807, 2.05) is 80.2 Å². The molecule has 3 aliphatic rings. The number of pyridine rings is 9. The molecule has 0 bridgehead atoms. The Kier molecular flexibility index (Phi) is 30.3. The Balaban J connectivity index is 0.000000178. The van der Waals surface area contributed by atoms with Crippen LogP contribution in [-0.2, 0) is 14.4 Å². The summed E-state index contributed by atoms with van der Waals surface area (Å²) in [6.45, 7) is 39.6. The molecule has 3 aliphatic heterocycles. The normalized spacial score (nSPS) is 16.6. The van der Waals surface area contributed by atoms with Gasteiger partial charge in [-0.3, -0.25) is 57.4 Å². The zero-order chi connectivity index (χ0) is 104. The summed E-state index contributed by atoms with van der Waals surface area (Å²) >= 11 is 38.8. The number of aryl methyl sites for hydroxylation is 3. The van der Waals surface area contributed by atoms with E-state index >= 15 is 13.2 Å². The molecule has 732 valence electrons. The molecule has 12 heterocycles. The van der Waals surface area contributed by atoms with E-state index in [2.05, 4.69) is 56.8 Å². The molecule has 27 nitrogen and oxygen atoms in total. The molecule has 9 aromatic heterocycles. The van der Waals surface area contributed by atoms with E-state index in [1.165, 1.54) is 45.6 Å². The van der Waals surface area contributed by atoms with E-state index in [4.69, 9.17) is 91.8 Å². The van der Waals surface area contributed by atoms with Crippen molar-refractivity contribution in [2.24, 2.45) is 0 Å². The lowest BCUT2D eigenvalue weighted by Crippen LogP contribution is -2.58. The lowest BCUT2D eigenvalue weighted by molar-refractivity contribution is -0.131. The zero-order valence-corrected chi connectivity index (χ0v) is 82.9. The van der Waals surface area contributed by atoms with Gasteiger partial charge in [-0.1, -0.05) is 131 Å². The number of halogens is 15. The fourth-order valence-corrected chi connectivity index (χ4v) is 20.3. The van der Waals surface area contributed by atoms with Crippen molar-refractivity contribution in [1.82, 2.24) is 58.3 Å². The number of nitrogen functional groups attached to an aromatic ring is 3. The molecule has 0 spiro atoms. The van der Waals surface area contributed by atoms with Crippen LogP contribution in [0.5, 0.6) is 0 Å². The van der Waals surface area contributed by atoms with Gasteiger partial charge in [-0.15, -0.1) is 0 Å². The molecule has 3 aromatic carbocycles. The maximum absolute atomic E-state index is 15.4. The van der Waals surface area contributed by atoms with Crippen LogP contribution in [0.4, 0.5) is 73.6 Å². The number of carbonyl (C=O) groups is 3. The molecular weight excluding hydrogens is 1960 g/mol. The van der Waals surface area contributed by atoms with Crippen molar-refractivity contribution in [2.45, 2.75) is 158 Å². The molecule has 12 aromatic rings. The Morgan fingerprint density at radius 2 is 0.652 bits per heavy atom. The van der Waals surface area contributed by atoms with Gasteiger partial charge < -0.3 is 46.6 Å². The first kappa shape index (κ1) is 105. The molecule has 0 unspecified atom stereocenters. The van der Waals surface area contributed by atoms with Crippen molar-refractivity contribution in [3.05, 3.63) is 257 Å². The Morgan fingerprint density at radius 3 is 0.943 bits per heavy atom. The van der Waals surface area contributed by atoms with Crippen molar-refractivity contribution in [1.29, 1.82) is 15.8 Å². The van der Waals surface area contributed by atoms with E-state index in [-0.39, 0.29) is 187 Å². The van der Waals surface area contributed by atoms with Crippen LogP contribution in [0, 0.1) is 107 Å². The summed E-state index contributed by atoms with van der Waals surface area (Å²) < 4.78 is 137. The van der Waals surface area contributed by atoms with Crippen molar-refractivity contribution in [3.63, 3.8) is 0 Å². The summed E-state index contributed by atoms with van der Waals surface area (Å²) in [6.07, 6.45) is 8.43. The molecule has 6 atom stereocenters. The molecule has 42 heteroatoms. The highest BCUT2D eigenvalue weighted by molar-refractivity contribution is 6.43. The number of nitrogens with zero attached hydrogens (tertiary/aromatic N) is 18. The third kappa shape index (κ3) is 18.1. The van der Waals surface area contributed by atoms with Crippen molar-refractivity contribution in [3.8, 4) is 69.0 Å². The number of amides is 3. The van der Waals surface area contributed by atoms with Gasteiger partial charge in [0.1, 0.15) is 62.5 Å². The van der Waals surface area contributed by atoms with E-state index < -0.39 is 141 Å². The molecule has 0 aliphatic carbocycles. The molecule has 141 heavy (non-hydrogen) atoms. The van der Waals surface area contributed by atoms with E-state index in [0.29, 0.717) is 50.5 Å². The zero-order valence-electron chi connectivity index (χ0n) is 78.4. The maximum Gasteiger partial charge on any atom is 0.276 e. The van der Waals surface area contributed by atoms with Crippen LogP contribution in [0.2, 0.25) is 30.1 Å². The second-order valence-corrected chi connectivity index (χ2v) is 37.7. The molecular formula is C99H90Cl6F9N21O6. The first-order chi connectivity index (χ1) is 66.5. The predicted molar refractivity (Wildman–Crippen MR) is 530 cm³/mol. The van der Waals surface area contributed by atoms with Gasteiger partial charge in [-0.2, -0.15) is 15.8 Å². The quantitative estimate of drug-likeness (QED) is 0.0282. The molecule has 15 rings (SSSR count). The largest absolute Gasteiger partial charge is 0.397 e. The van der Waals surface area contributed by atoms with Gasteiger partial charge in [0, 0.05) is 116 Å². The highest BCUT2D eigenvalue weighted by atomic mass is 35.5. The number of nitrogens with two attached hydrogens (primary N) is 3. The number of hydrogen-bond acceptors (Lipinski definition) is 21. The SMILES string of the molecule is C=CC(=O)N1[C@H](C)CN(c2c(C#N)c(=O)n(-c3c(C)ccnc3C(C)C)c3nc(-c4c(Cl)c(N)c(F)c(F)c4Cl)c(Cl)cc23)C[C@@H]1C.C=CC(=O)N1[C@H](C)CN(c2c(C#N)c(=O)n(-c3c(C)ccnc3C(C)C)c3nc(-c4c(F)c(N)c(F)c(F)c4F)c(Cl)cc23)C[C@@H]1C.C=CC(=O)N1[C@H](C)CN(c2c(C#N)c(=O)n(-c3c(C)ccnc3C(C)C)c3nc(-c4c(N)c(Cl)c(F)c(F)c4F)c(Cl)cc23)C[C@@H]1C. The summed E-state index contributed by atoms with van der Waals surface area (Å²) in [5.74, 6) is -17.0. The number of nitriles is 3. The fraction of sp³-hybridized carbons (Fsp3) is 0.303. The van der Waals surface area contributed by atoms with Gasteiger partial charge in [0.2, 0.25) is 17.7 Å². The van der Waals surface area contributed by atoms with Crippen LogP contribution in [0.15, 0.2) is 107 Å². The van der Waals surface area contributed by atoms with Gasteiger partial charge in [0.25, 0.3) is 16.7 Å². The highest BCUT2D eigenvalue weighted by Crippen LogP contribution is 2.50. The number of hydrogen-bond donors (Lipinski definition) is 3. The number of fused-ring (bicyclic) bond motifs is 3. The molecule has 6 N–H and O–H groups in total. The van der Waals surface area contributed by atoms with Crippen LogP contribution in [0.1, 0.15) is 151 Å². The second kappa shape index (κ2) is 40.8. The smallest absolute Gasteiger partial charge is 0.276 e. The molecule has 3 saturated heterocycles. The van der Waals surface area contributed by atoms with Crippen LogP contribution in [-0.4, -0.2) is 152 Å². The third-order valence-electron chi connectivity index (χ3n) is 24.9. The Labute approximate surface area is 832 Å². The predicted octanol–water partition coefficient (Wildman–Crippen LogP) is 20.0. The first-order valence-electron chi connectivity index (χ1n) is 43.9. The minimum atomic E-state index is -2.03. The van der Waals surface area contributed by atoms with Gasteiger partial charge >= 0.3 is 0 Å². The minimum Gasteiger partial charge on any atom is -0.397 e. The van der Waals surface area contributed by atoms with E-state index in [0.717, 1.165) is 4.57 Å². The first-order valence-corrected chi connectivity index (χ1v) is 46.1. The van der Waals surface area contributed by atoms with Gasteiger partial charge in [0.15, 0.2) is 52.4 Å². The van der Waals surface area contributed by atoms with Crippen LogP contribution >= 0.6 is 69.6 Å². The standard InChI is InChI=1S/C33H30Cl3F2N7O2.C33H30Cl2F3N7O2.C33H30ClF4N7O2/c1-7-21(46)44-16(5)12-43(13-17(44)6)31-18-10-20(34)29(22-23(35)25(37)26(38)27(40)24(22)36)42-32(18)45(33(47)19(31)11-39)30-15(4)8-9-41-28(30)14(2)3;1-7-21(46)44-16(5)12-43(13-17(44)6)31-18-10-20(34)29(22-24(36)26(38)25(37)23(35)27(22)40)42-32(18)45(33(47)19(31)11-39)30-15(4)8-9-41-28(30)14(2)3;1-7-21(46)44-16(5)12-43(13-17(44)6)31-18-10-20(34)29(22-23(35)25(37)26(38)27(40)24(22)36)42-32(18)45(33(47)19(31)11-39)30-15(4)8-9-41-28(30)14(2)3/h3*7-10,14,16-17H,1,12-13,40H2,2-6H3/t3*16-,17+. The number of carbonyl (C=O) groups excluding carboxylic acids is 3. The Morgan fingerprint density at radius 1 is 0.383 bits per heavy atom. The number of rotatable bonds is 15. The average Bonchev–Trinajstić information content (AvgIpc) is 0.725. The molecule has 0 radical (unpaired) electrons. The van der Waals surface area contributed by atoms with Gasteiger partial charge in [-0.05, 0) is 151 Å². The van der Waals surface area contributed by atoms with Crippen LogP contribution in [0.3, 0.4) is 0 Å². The summed E-state index contributed by atoms with van der Waals surface area (Å²) in [5.41, 5.74) is 13.0. The van der Waals surface area contributed by atoms with Crippen molar-refractivity contribution >= 4 is 155 Å². The number of piperazine rings is 3. The molecule has 3 amide bonds. The van der Waals surface area contributed by atoms with Crippen LogP contribution in [0.25, 0.3) is 83.9 Å². The minimum absolute atomic E-state index is 0.0294. The van der Waals surface area contributed by atoms with E-state index in [9.17, 15) is 70.9 Å². The number of aromatic nitrogens is 9. The fourth-order valence-electron chi connectivity index (χ4n) is 18.8. The lowest BCUT2D eigenvalue weighted by atomic mass is 10.0. The maximum atomic E-state index is 15.4.